The molecular weight excluding hydrogens is 410 g/mol. The van der Waals surface area contributed by atoms with Gasteiger partial charge in [-0.2, -0.15) is 0 Å². The molecule has 2 bridgehead atoms. The summed E-state index contributed by atoms with van der Waals surface area (Å²) in [5.74, 6) is 1.36. The van der Waals surface area contributed by atoms with Crippen molar-refractivity contribution >= 4 is 11.8 Å². The number of ether oxygens (including phenoxy) is 1. The lowest BCUT2D eigenvalue weighted by molar-refractivity contribution is -0.135. The molecule has 4 aliphatic carbocycles. The molecule has 7 atom stereocenters. The third-order valence-corrected chi connectivity index (χ3v) is 9.82. The highest BCUT2D eigenvalue weighted by atomic mass is 16.5. The van der Waals surface area contributed by atoms with Gasteiger partial charge in [0.1, 0.15) is 11.8 Å². The van der Waals surface area contributed by atoms with Crippen molar-refractivity contribution in [3.05, 3.63) is 46.3 Å². The van der Waals surface area contributed by atoms with Crippen molar-refractivity contribution in [3.63, 3.8) is 0 Å². The Bertz CT molecular complexity index is 1100. The highest BCUT2D eigenvalue weighted by Crippen LogP contribution is 2.71. The van der Waals surface area contributed by atoms with E-state index < -0.39 is 5.41 Å². The quantitative estimate of drug-likeness (QED) is 0.416. The number of esters is 1. The zero-order chi connectivity index (χ0) is 24.0. The lowest BCUT2D eigenvalue weighted by Gasteiger charge is -2.40. The minimum Gasteiger partial charge on any atom is -0.453 e. The normalized spacial score (nSPS) is 38.5. The largest absolute Gasteiger partial charge is 0.453 e. The molecule has 0 amide bonds. The fourth-order valence-corrected chi connectivity index (χ4v) is 8.17. The van der Waals surface area contributed by atoms with Crippen LogP contribution in [0, 0.1) is 54.3 Å². The Labute approximate surface area is 198 Å². The van der Waals surface area contributed by atoms with E-state index >= 15 is 0 Å². The van der Waals surface area contributed by atoms with Crippen LogP contribution in [0.2, 0.25) is 0 Å². The number of allylic oxidation sites excluding steroid dienone is 3. The van der Waals surface area contributed by atoms with E-state index in [-0.39, 0.29) is 35.2 Å². The summed E-state index contributed by atoms with van der Waals surface area (Å²) < 4.78 is 8.35. The molecular formula is C29H39NO3. The molecule has 178 valence electrons. The maximum absolute atomic E-state index is 14.3. The number of aryl methyl sites for hydroxylation is 2. The second-order valence-electron chi connectivity index (χ2n) is 12.0. The van der Waals surface area contributed by atoms with Crippen molar-refractivity contribution in [2.24, 2.45) is 40.4 Å². The first-order valence-electron chi connectivity index (χ1n) is 12.7. The monoisotopic (exact) mass is 449 g/mol. The smallest absolute Gasteiger partial charge is 0.355 e. The van der Waals surface area contributed by atoms with E-state index in [9.17, 15) is 9.59 Å². The Morgan fingerprint density at radius 1 is 1.18 bits per heavy atom. The van der Waals surface area contributed by atoms with Gasteiger partial charge in [-0.1, -0.05) is 38.5 Å². The Morgan fingerprint density at radius 2 is 1.88 bits per heavy atom. The number of hydrogen-bond acceptors (Lipinski definition) is 3. The van der Waals surface area contributed by atoms with Gasteiger partial charge in [-0.3, -0.25) is 4.79 Å². The molecule has 0 N–H and O–H groups in total. The van der Waals surface area contributed by atoms with Gasteiger partial charge in [0.25, 0.3) is 0 Å². The van der Waals surface area contributed by atoms with Crippen molar-refractivity contribution in [1.29, 1.82) is 0 Å². The molecule has 2 fully saturated rings. The van der Waals surface area contributed by atoms with E-state index in [1.807, 2.05) is 24.5 Å². The Hall–Kier alpha value is -2.10. The van der Waals surface area contributed by atoms with E-state index in [4.69, 9.17) is 4.74 Å². The minimum absolute atomic E-state index is 0.0133. The van der Waals surface area contributed by atoms with Crippen LogP contribution >= 0.6 is 0 Å². The minimum atomic E-state index is -0.533. The molecule has 4 aliphatic rings. The molecule has 2 saturated carbocycles. The summed E-state index contributed by atoms with van der Waals surface area (Å²) in [7, 11) is 0. The van der Waals surface area contributed by atoms with Crippen LogP contribution in [0.15, 0.2) is 29.4 Å². The number of nitrogens with zero attached hydrogens (tertiary/aromatic N) is 1. The van der Waals surface area contributed by atoms with Crippen LogP contribution in [0.3, 0.4) is 0 Å². The first-order valence-corrected chi connectivity index (χ1v) is 12.7. The fourth-order valence-electron chi connectivity index (χ4n) is 8.17. The molecule has 1 spiro atoms. The Kier molecular flexibility index (Phi) is 4.95. The molecule has 0 aromatic carbocycles. The van der Waals surface area contributed by atoms with Crippen LogP contribution < -0.4 is 0 Å². The lowest BCUT2D eigenvalue weighted by Crippen LogP contribution is -2.46. The van der Waals surface area contributed by atoms with Crippen LogP contribution in [0.4, 0.5) is 0 Å². The predicted molar refractivity (Wildman–Crippen MR) is 130 cm³/mol. The van der Waals surface area contributed by atoms with Crippen LogP contribution in [0.5, 0.6) is 0 Å². The van der Waals surface area contributed by atoms with Gasteiger partial charge in [-0.05, 0) is 87.8 Å². The van der Waals surface area contributed by atoms with Crippen LogP contribution in [-0.2, 0) is 16.1 Å². The molecule has 0 radical (unpaired) electrons. The summed E-state index contributed by atoms with van der Waals surface area (Å²) in [5, 5.41) is 0. The fraction of sp³-hybridized carbons (Fsp3) is 0.655. The van der Waals surface area contributed by atoms with Crippen LogP contribution in [-0.4, -0.2) is 22.4 Å². The molecule has 4 heteroatoms. The molecule has 1 heterocycles. The zero-order valence-electron chi connectivity index (χ0n) is 21.5. The molecule has 5 rings (SSSR count). The van der Waals surface area contributed by atoms with Crippen LogP contribution in [0.25, 0.3) is 0 Å². The maximum Gasteiger partial charge on any atom is 0.355 e. The first-order chi connectivity index (χ1) is 15.4. The van der Waals surface area contributed by atoms with Crippen LogP contribution in [0.1, 0.15) is 76.1 Å². The molecule has 0 saturated heterocycles. The predicted octanol–water partition coefficient (Wildman–Crippen LogP) is 6.06. The summed E-state index contributed by atoms with van der Waals surface area (Å²) in [5.41, 5.74) is 4.68. The number of Topliss-reactive ketones (excluding diaryl/α,β-unsaturated/α-hetero) is 1. The van der Waals surface area contributed by atoms with E-state index in [1.54, 1.807) is 0 Å². The molecule has 4 nitrogen and oxygen atoms in total. The average Bonchev–Trinajstić information content (AvgIpc) is 3.04. The topological polar surface area (TPSA) is 48.3 Å². The van der Waals surface area contributed by atoms with E-state index in [0.29, 0.717) is 23.3 Å². The highest BCUT2D eigenvalue weighted by molar-refractivity contribution is 5.94. The van der Waals surface area contributed by atoms with Gasteiger partial charge in [-0.25, -0.2) is 4.79 Å². The SMILES string of the molecule is CCn1c(C)cc(C)c1C(=O)O[C@H]1C(C)=CC23C(=O)[C@@H](C=C(C)C[C@H]12)[C@@H]1[C@@H](CC3C)C1(C)C. The van der Waals surface area contributed by atoms with Crippen molar-refractivity contribution in [1.82, 2.24) is 4.57 Å². The van der Waals surface area contributed by atoms with Gasteiger partial charge in [0.15, 0.2) is 5.78 Å². The molecule has 33 heavy (non-hydrogen) atoms. The summed E-state index contributed by atoms with van der Waals surface area (Å²) in [6, 6.07) is 2.05. The zero-order valence-corrected chi connectivity index (χ0v) is 21.5. The number of rotatable bonds is 3. The van der Waals surface area contributed by atoms with E-state index in [2.05, 4.69) is 53.7 Å². The third kappa shape index (κ3) is 2.94. The highest BCUT2D eigenvalue weighted by Gasteiger charge is 2.70. The average molecular weight is 450 g/mol. The van der Waals surface area contributed by atoms with Gasteiger partial charge in [0.2, 0.25) is 0 Å². The van der Waals surface area contributed by atoms with E-state index in [0.717, 1.165) is 36.2 Å². The number of ketones is 1. The Morgan fingerprint density at radius 3 is 2.55 bits per heavy atom. The van der Waals surface area contributed by atoms with Crippen molar-refractivity contribution in [2.45, 2.75) is 80.9 Å². The number of carbonyl (C=O) groups excluding carboxylic acids is 2. The molecule has 1 aromatic rings. The van der Waals surface area contributed by atoms with E-state index in [1.165, 1.54) is 5.57 Å². The summed E-state index contributed by atoms with van der Waals surface area (Å²) >= 11 is 0. The molecule has 0 aliphatic heterocycles. The van der Waals surface area contributed by atoms with Gasteiger partial charge in [-0.15, -0.1) is 0 Å². The van der Waals surface area contributed by atoms with Gasteiger partial charge < -0.3 is 9.30 Å². The lowest BCUT2D eigenvalue weighted by atomic mass is 9.62. The molecule has 1 aromatic heterocycles. The first kappa shape index (κ1) is 22.7. The third-order valence-electron chi connectivity index (χ3n) is 9.82. The number of hydrogen-bond donors (Lipinski definition) is 0. The van der Waals surface area contributed by atoms with Crippen molar-refractivity contribution < 1.29 is 14.3 Å². The number of carbonyl (C=O) groups is 2. The van der Waals surface area contributed by atoms with Crippen molar-refractivity contribution in [2.75, 3.05) is 0 Å². The maximum atomic E-state index is 14.3. The number of aromatic nitrogens is 1. The van der Waals surface area contributed by atoms with Crippen molar-refractivity contribution in [3.8, 4) is 0 Å². The van der Waals surface area contributed by atoms with Gasteiger partial charge in [0, 0.05) is 24.1 Å². The van der Waals surface area contributed by atoms with Gasteiger partial charge in [0.05, 0.1) is 5.41 Å². The second-order valence-corrected chi connectivity index (χ2v) is 12.0. The summed E-state index contributed by atoms with van der Waals surface area (Å²) in [6.07, 6.45) is 6.02. The van der Waals surface area contributed by atoms with Gasteiger partial charge >= 0.3 is 5.97 Å². The molecule has 2 unspecified atom stereocenters. The number of fused-ring (bicyclic) bond motifs is 3. The standard InChI is InChI=1S/C29H39NO3/c1-9-30-19(6)12-16(3)24(30)27(32)33-25-17(4)14-29-18(5)13-21-23(28(21,7)8)20(26(29)31)10-15(2)11-22(25)29/h10,12,14,18,20-23,25H,9,11,13H2,1-8H3/t18?,20-,21+,22+,23+,25-,29?/m0/s1. The summed E-state index contributed by atoms with van der Waals surface area (Å²) in [6.45, 7) is 17.9. The second kappa shape index (κ2) is 7.20. The summed E-state index contributed by atoms with van der Waals surface area (Å²) in [4.78, 5) is 27.8. The Balaban J connectivity index is 1.53.